The number of nitrogens with zero attached hydrogens (tertiary/aromatic N) is 2. The van der Waals surface area contributed by atoms with Gasteiger partial charge < -0.3 is 0 Å². The summed E-state index contributed by atoms with van der Waals surface area (Å²) in [5.41, 5.74) is 1.05. The van der Waals surface area contributed by atoms with Gasteiger partial charge in [0.2, 0.25) is 0 Å². The van der Waals surface area contributed by atoms with Crippen LogP contribution in [0.15, 0.2) is 6.20 Å². The standard InChI is InChI=1S/C10H15ClN2/c1-4-5-8-6-12-10(7(2)3)13-9(8)11/h6-7H,4-5H2,1-3H3. The molecular weight excluding hydrogens is 184 g/mol. The molecule has 0 unspecified atom stereocenters. The molecule has 0 saturated heterocycles. The first-order chi connectivity index (χ1) is 6.15. The van der Waals surface area contributed by atoms with Crippen LogP contribution in [0.5, 0.6) is 0 Å². The third-order valence-corrected chi connectivity index (χ3v) is 2.19. The molecule has 0 amide bonds. The van der Waals surface area contributed by atoms with Gasteiger partial charge in [-0.15, -0.1) is 0 Å². The summed E-state index contributed by atoms with van der Waals surface area (Å²) in [6, 6.07) is 0. The van der Waals surface area contributed by atoms with E-state index in [4.69, 9.17) is 11.6 Å². The van der Waals surface area contributed by atoms with Gasteiger partial charge in [-0.05, 0) is 6.42 Å². The minimum atomic E-state index is 0.341. The third kappa shape index (κ3) is 2.66. The van der Waals surface area contributed by atoms with Crippen molar-refractivity contribution in [1.82, 2.24) is 9.97 Å². The van der Waals surface area contributed by atoms with Crippen LogP contribution >= 0.6 is 11.6 Å². The Kier molecular flexibility index (Phi) is 3.67. The average Bonchev–Trinajstić information content (AvgIpc) is 2.08. The minimum Gasteiger partial charge on any atom is -0.241 e. The Morgan fingerprint density at radius 3 is 2.62 bits per heavy atom. The maximum absolute atomic E-state index is 6.00. The summed E-state index contributed by atoms with van der Waals surface area (Å²) in [7, 11) is 0. The smallest absolute Gasteiger partial charge is 0.135 e. The van der Waals surface area contributed by atoms with Gasteiger partial charge in [0.05, 0.1) is 0 Å². The van der Waals surface area contributed by atoms with Crippen LogP contribution < -0.4 is 0 Å². The van der Waals surface area contributed by atoms with Crippen LogP contribution in [0.3, 0.4) is 0 Å². The van der Waals surface area contributed by atoms with Gasteiger partial charge in [0.25, 0.3) is 0 Å². The Hall–Kier alpha value is -0.630. The fourth-order valence-electron chi connectivity index (χ4n) is 1.11. The molecule has 0 fully saturated rings. The molecule has 13 heavy (non-hydrogen) atoms. The maximum atomic E-state index is 6.00. The molecule has 72 valence electrons. The Bertz CT molecular complexity index is 284. The van der Waals surface area contributed by atoms with Crippen molar-refractivity contribution in [2.75, 3.05) is 0 Å². The highest BCUT2D eigenvalue weighted by atomic mass is 35.5. The zero-order valence-corrected chi connectivity index (χ0v) is 9.10. The van der Waals surface area contributed by atoms with Crippen molar-refractivity contribution in [1.29, 1.82) is 0 Å². The van der Waals surface area contributed by atoms with Crippen molar-refractivity contribution in [3.8, 4) is 0 Å². The summed E-state index contributed by atoms with van der Waals surface area (Å²) in [5, 5.41) is 0.612. The van der Waals surface area contributed by atoms with Crippen LogP contribution in [0.1, 0.15) is 44.5 Å². The van der Waals surface area contributed by atoms with E-state index in [0.29, 0.717) is 11.1 Å². The zero-order valence-electron chi connectivity index (χ0n) is 8.34. The number of aromatic nitrogens is 2. The Labute approximate surface area is 84.4 Å². The normalized spacial score (nSPS) is 10.8. The first-order valence-electron chi connectivity index (χ1n) is 4.66. The predicted molar refractivity (Wildman–Crippen MR) is 55.1 cm³/mol. The quantitative estimate of drug-likeness (QED) is 0.698. The van der Waals surface area contributed by atoms with Gasteiger partial charge in [-0.2, -0.15) is 0 Å². The first kappa shape index (κ1) is 10.5. The van der Waals surface area contributed by atoms with Crippen molar-refractivity contribution >= 4 is 11.6 Å². The Morgan fingerprint density at radius 1 is 1.46 bits per heavy atom. The molecule has 0 aliphatic rings. The van der Waals surface area contributed by atoms with E-state index in [-0.39, 0.29) is 0 Å². The average molecular weight is 199 g/mol. The second-order valence-electron chi connectivity index (χ2n) is 3.45. The summed E-state index contributed by atoms with van der Waals surface area (Å²) in [5.74, 6) is 1.16. The van der Waals surface area contributed by atoms with Crippen molar-refractivity contribution in [2.24, 2.45) is 0 Å². The Morgan fingerprint density at radius 2 is 2.15 bits per heavy atom. The molecule has 0 aliphatic carbocycles. The molecule has 0 N–H and O–H groups in total. The highest BCUT2D eigenvalue weighted by Crippen LogP contribution is 2.17. The molecule has 0 radical (unpaired) electrons. The van der Waals surface area contributed by atoms with E-state index in [1.807, 2.05) is 6.20 Å². The SMILES string of the molecule is CCCc1cnc(C(C)C)nc1Cl. The summed E-state index contributed by atoms with van der Waals surface area (Å²) in [4.78, 5) is 8.51. The van der Waals surface area contributed by atoms with Crippen LogP contribution in [0.25, 0.3) is 0 Å². The highest BCUT2D eigenvalue weighted by molar-refractivity contribution is 6.30. The van der Waals surface area contributed by atoms with Crippen molar-refractivity contribution < 1.29 is 0 Å². The van der Waals surface area contributed by atoms with Gasteiger partial charge in [-0.1, -0.05) is 38.8 Å². The van der Waals surface area contributed by atoms with E-state index in [2.05, 4.69) is 30.7 Å². The fraction of sp³-hybridized carbons (Fsp3) is 0.600. The van der Waals surface area contributed by atoms with Crippen molar-refractivity contribution in [3.63, 3.8) is 0 Å². The Balaban J connectivity index is 2.92. The molecule has 0 aliphatic heterocycles. The molecule has 0 spiro atoms. The van der Waals surface area contributed by atoms with E-state index in [1.165, 1.54) is 0 Å². The maximum Gasteiger partial charge on any atom is 0.135 e. The molecule has 1 aromatic heterocycles. The zero-order chi connectivity index (χ0) is 9.84. The first-order valence-corrected chi connectivity index (χ1v) is 5.04. The lowest BCUT2D eigenvalue weighted by Gasteiger charge is -2.06. The topological polar surface area (TPSA) is 25.8 Å². The summed E-state index contributed by atoms with van der Waals surface area (Å²) in [6.45, 7) is 6.24. The second-order valence-corrected chi connectivity index (χ2v) is 3.81. The van der Waals surface area contributed by atoms with E-state index in [1.54, 1.807) is 0 Å². The lowest BCUT2D eigenvalue weighted by Crippen LogP contribution is -2.00. The van der Waals surface area contributed by atoms with E-state index in [9.17, 15) is 0 Å². The lowest BCUT2D eigenvalue weighted by molar-refractivity contribution is 0.763. The summed E-state index contributed by atoms with van der Waals surface area (Å²) in [6.07, 6.45) is 3.87. The summed E-state index contributed by atoms with van der Waals surface area (Å²) < 4.78 is 0. The molecule has 0 atom stereocenters. The lowest BCUT2D eigenvalue weighted by atomic mass is 10.2. The van der Waals surface area contributed by atoms with Gasteiger partial charge in [0.15, 0.2) is 0 Å². The van der Waals surface area contributed by atoms with Crippen LogP contribution in [-0.2, 0) is 6.42 Å². The molecule has 2 nitrogen and oxygen atoms in total. The molecule has 0 aromatic carbocycles. The number of halogens is 1. The second kappa shape index (κ2) is 4.56. The molecule has 1 rings (SSSR count). The minimum absolute atomic E-state index is 0.341. The molecule has 1 aromatic rings. The largest absolute Gasteiger partial charge is 0.241 e. The molecule has 0 saturated carbocycles. The molecule has 0 bridgehead atoms. The van der Waals surface area contributed by atoms with E-state index < -0.39 is 0 Å². The molecule has 1 heterocycles. The van der Waals surface area contributed by atoms with Crippen molar-refractivity contribution in [2.45, 2.75) is 39.5 Å². The monoisotopic (exact) mass is 198 g/mol. The van der Waals surface area contributed by atoms with E-state index >= 15 is 0 Å². The van der Waals surface area contributed by atoms with Gasteiger partial charge in [-0.25, -0.2) is 9.97 Å². The molecular formula is C10H15ClN2. The van der Waals surface area contributed by atoms with Gasteiger partial charge in [0, 0.05) is 17.7 Å². The van der Waals surface area contributed by atoms with Crippen LogP contribution in [-0.4, -0.2) is 9.97 Å². The van der Waals surface area contributed by atoms with Gasteiger partial charge in [0.1, 0.15) is 11.0 Å². The number of hydrogen-bond acceptors (Lipinski definition) is 2. The van der Waals surface area contributed by atoms with Gasteiger partial charge in [-0.3, -0.25) is 0 Å². The van der Waals surface area contributed by atoms with E-state index in [0.717, 1.165) is 24.2 Å². The summed E-state index contributed by atoms with van der Waals surface area (Å²) >= 11 is 6.00. The van der Waals surface area contributed by atoms with Crippen molar-refractivity contribution in [3.05, 3.63) is 22.7 Å². The number of aryl methyl sites for hydroxylation is 1. The van der Waals surface area contributed by atoms with Crippen LogP contribution in [0.2, 0.25) is 5.15 Å². The highest BCUT2D eigenvalue weighted by Gasteiger charge is 2.06. The van der Waals surface area contributed by atoms with Crippen LogP contribution in [0.4, 0.5) is 0 Å². The molecule has 3 heteroatoms. The fourth-order valence-corrected chi connectivity index (χ4v) is 1.34. The number of rotatable bonds is 3. The predicted octanol–water partition coefficient (Wildman–Crippen LogP) is 3.21. The third-order valence-electron chi connectivity index (χ3n) is 1.87. The van der Waals surface area contributed by atoms with Crippen LogP contribution in [0, 0.1) is 0 Å². The number of hydrogen-bond donors (Lipinski definition) is 0. The van der Waals surface area contributed by atoms with Gasteiger partial charge >= 0.3 is 0 Å².